The van der Waals surface area contributed by atoms with Crippen LogP contribution in [0.15, 0.2) is 41.2 Å². The highest BCUT2D eigenvalue weighted by Crippen LogP contribution is 2.08. The van der Waals surface area contributed by atoms with E-state index < -0.39 is 5.69 Å². The van der Waals surface area contributed by atoms with Crippen molar-refractivity contribution in [2.45, 2.75) is 6.54 Å². The highest BCUT2D eigenvalue weighted by atomic mass is 19.1. The number of nitrogens with one attached hydrogen (secondary N) is 2. The maximum absolute atomic E-state index is 13.0. The Kier molecular flexibility index (Phi) is 2.71. The fourth-order valence-electron chi connectivity index (χ4n) is 1.74. The number of H-pyrrole nitrogens is 1. The van der Waals surface area contributed by atoms with E-state index in [1.165, 1.54) is 12.1 Å². The van der Waals surface area contributed by atoms with Crippen LogP contribution in [0.25, 0.3) is 5.65 Å². The number of aromatic amines is 1. The summed E-state index contributed by atoms with van der Waals surface area (Å²) >= 11 is 0. The van der Waals surface area contributed by atoms with Gasteiger partial charge in [0.1, 0.15) is 11.6 Å². The van der Waals surface area contributed by atoms with Gasteiger partial charge in [-0.15, -0.1) is 5.10 Å². The van der Waals surface area contributed by atoms with E-state index in [0.717, 1.165) is 10.1 Å². The molecule has 0 fully saturated rings. The van der Waals surface area contributed by atoms with E-state index in [0.29, 0.717) is 18.0 Å². The molecule has 2 N–H and O–H groups in total. The third kappa shape index (κ3) is 2.30. The average Bonchev–Trinajstić information content (AvgIpc) is 2.78. The largest absolute Gasteiger partial charge is 0.365 e. The lowest BCUT2D eigenvalue weighted by molar-refractivity contribution is 0.626. The fraction of sp³-hybridized carbons (Fsp3) is 0.0833. The molecule has 0 bridgehead atoms. The van der Waals surface area contributed by atoms with E-state index in [1.54, 1.807) is 24.3 Å². The second kappa shape index (κ2) is 4.52. The summed E-state index contributed by atoms with van der Waals surface area (Å²) in [6.07, 6.45) is 0. The molecule has 7 heteroatoms. The molecule has 3 rings (SSSR count). The van der Waals surface area contributed by atoms with Gasteiger partial charge in [0.05, 0.1) is 0 Å². The van der Waals surface area contributed by atoms with Gasteiger partial charge in [0, 0.05) is 6.54 Å². The quantitative estimate of drug-likeness (QED) is 0.740. The molecular formula is C12H10FN5O. The Morgan fingerprint density at radius 2 is 2.21 bits per heavy atom. The Morgan fingerprint density at radius 1 is 1.32 bits per heavy atom. The Labute approximate surface area is 106 Å². The molecule has 0 aliphatic heterocycles. The van der Waals surface area contributed by atoms with Crippen LogP contribution in [0.1, 0.15) is 5.56 Å². The monoisotopic (exact) mass is 259 g/mol. The molecule has 6 nitrogen and oxygen atoms in total. The van der Waals surface area contributed by atoms with Gasteiger partial charge in [-0.2, -0.15) is 9.61 Å². The molecule has 0 aliphatic carbocycles. The molecule has 0 radical (unpaired) electrons. The number of aromatic nitrogens is 4. The first kappa shape index (κ1) is 11.4. The lowest BCUT2D eigenvalue weighted by Crippen LogP contribution is -2.13. The third-order valence-corrected chi connectivity index (χ3v) is 2.64. The summed E-state index contributed by atoms with van der Waals surface area (Å²) < 4.78 is 14.2. The highest BCUT2D eigenvalue weighted by molar-refractivity contribution is 5.43. The van der Waals surface area contributed by atoms with Crippen molar-refractivity contribution >= 4 is 11.5 Å². The van der Waals surface area contributed by atoms with E-state index in [4.69, 9.17) is 0 Å². The van der Waals surface area contributed by atoms with Crippen LogP contribution in [0.5, 0.6) is 0 Å². The molecule has 0 spiro atoms. The molecule has 0 atom stereocenters. The SMILES string of the molecule is O=c1[nH]nc2ccc(NCc3cccc(F)c3)nn12. The summed E-state index contributed by atoms with van der Waals surface area (Å²) in [4.78, 5) is 11.4. The average molecular weight is 259 g/mol. The molecule has 1 aromatic carbocycles. The van der Waals surface area contributed by atoms with Crippen molar-refractivity contribution in [3.63, 3.8) is 0 Å². The summed E-state index contributed by atoms with van der Waals surface area (Å²) in [6, 6.07) is 9.64. The molecule has 0 amide bonds. The minimum absolute atomic E-state index is 0.284. The molecule has 96 valence electrons. The van der Waals surface area contributed by atoms with Gasteiger partial charge < -0.3 is 5.32 Å². The summed E-state index contributed by atoms with van der Waals surface area (Å²) in [5, 5.41) is 13.2. The van der Waals surface area contributed by atoms with Crippen molar-refractivity contribution in [3.8, 4) is 0 Å². The highest BCUT2D eigenvalue weighted by Gasteiger charge is 2.02. The Balaban J connectivity index is 1.81. The number of benzene rings is 1. The van der Waals surface area contributed by atoms with Gasteiger partial charge in [0.2, 0.25) is 0 Å². The van der Waals surface area contributed by atoms with Gasteiger partial charge in [0.15, 0.2) is 5.65 Å². The Morgan fingerprint density at radius 3 is 3.05 bits per heavy atom. The van der Waals surface area contributed by atoms with E-state index in [-0.39, 0.29) is 5.82 Å². The molecule has 0 saturated heterocycles. The molecule has 2 heterocycles. The van der Waals surface area contributed by atoms with Crippen molar-refractivity contribution in [1.82, 2.24) is 19.8 Å². The first-order valence-corrected chi connectivity index (χ1v) is 5.65. The topological polar surface area (TPSA) is 75.1 Å². The second-order valence-electron chi connectivity index (χ2n) is 4.00. The lowest BCUT2D eigenvalue weighted by Gasteiger charge is -2.05. The standard InChI is InChI=1S/C12H10FN5O/c13-9-3-1-2-8(6-9)7-14-10-4-5-11-15-16-12(19)18(11)17-10/h1-6H,7H2,(H,14,17)(H,16,19). The van der Waals surface area contributed by atoms with E-state index >= 15 is 0 Å². The first-order chi connectivity index (χ1) is 9.22. The van der Waals surface area contributed by atoms with Crippen molar-refractivity contribution in [1.29, 1.82) is 0 Å². The van der Waals surface area contributed by atoms with Gasteiger partial charge in [-0.05, 0) is 29.8 Å². The first-order valence-electron chi connectivity index (χ1n) is 5.65. The Hall–Kier alpha value is -2.70. The molecule has 19 heavy (non-hydrogen) atoms. The predicted molar refractivity (Wildman–Crippen MR) is 67.3 cm³/mol. The third-order valence-electron chi connectivity index (χ3n) is 2.64. The number of anilines is 1. The van der Waals surface area contributed by atoms with Gasteiger partial charge in [0.25, 0.3) is 0 Å². The number of fused-ring (bicyclic) bond motifs is 1. The maximum Gasteiger partial charge on any atom is 0.364 e. The van der Waals surface area contributed by atoms with Crippen molar-refractivity contribution in [2.75, 3.05) is 5.32 Å². The zero-order valence-corrected chi connectivity index (χ0v) is 9.80. The van der Waals surface area contributed by atoms with E-state index in [9.17, 15) is 9.18 Å². The van der Waals surface area contributed by atoms with Crippen LogP contribution >= 0.6 is 0 Å². The fourth-order valence-corrected chi connectivity index (χ4v) is 1.74. The summed E-state index contributed by atoms with van der Waals surface area (Å²) in [6.45, 7) is 0.420. The lowest BCUT2D eigenvalue weighted by atomic mass is 10.2. The zero-order valence-electron chi connectivity index (χ0n) is 9.80. The number of hydrogen-bond acceptors (Lipinski definition) is 4. The van der Waals surface area contributed by atoms with Crippen molar-refractivity contribution in [3.05, 3.63) is 58.3 Å². The molecular weight excluding hydrogens is 249 g/mol. The van der Waals surface area contributed by atoms with Crippen LogP contribution in [0.2, 0.25) is 0 Å². The van der Waals surface area contributed by atoms with Crippen LogP contribution in [0, 0.1) is 5.82 Å². The van der Waals surface area contributed by atoms with Crippen LogP contribution in [0.4, 0.5) is 10.2 Å². The smallest absolute Gasteiger partial charge is 0.364 e. The number of rotatable bonds is 3. The normalized spacial score (nSPS) is 10.8. The van der Waals surface area contributed by atoms with Gasteiger partial charge in [-0.25, -0.2) is 14.3 Å². The van der Waals surface area contributed by atoms with E-state index in [1.807, 2.05) is 0 Å². The minimum Gasteiger partial charge on any atom is -0.365 e. The van der Waals surface area contributed by atoms with E-state index in [2.05, 4.69) is 20.6 Å². The number of hydrogen-bond donors (Lipinski definition) is 2. The molecule has 0 aliphatic rings. The maximum atomic E-state index is 13.0. The zero-order chi connectivity index (χ0) is 13.2. The van der Waals surface area contributed by atoms with Crippen LogP contribution in [0.3, 0.4) is 0 Å². The van der Waals surface area contributed by atoms with Crippen molar-refractivity contribution < 1.29 is 4.39 Å². The number of nitrogens with zero attached hydrogens (tertiary/aromatic N) is 3. The molecule has 2 aromatic heterocycles. The Bertz CT molecular complexity index is 779. The van der Waals surface area contributed by atoms with Crippen LogP contribution in [-0.2, 0) is 6.54 Å². The summed E-state index contributed by atoms with van der Waals surface area (Å²) in [5.41, 5.74) is 0.840. The molecule has 3 aromatic rings. The van der Waals surface area contributed by atoms with Gasteiger partial charge in [-0.3, -0.25) is 0 Å². The van der Waals surface area contributed by atoms with Gasteiger partial charge >= 0.3 is 5.69 Å². The minimum atomic E-state index is -0.399. The molecule has 0 unspecified atom stereocenters. The summed E-state index contributed by atoms with van der Waals surface area (Å²) in [7, 11) is 0. The second-order valence-corrected chi connectivity index (χ2v) is 4.00. The van der Waals surface area contributed by atoms with Crippen LogP contribution in [-0.4, -0.2) is 19.8 Å². The molecule has 0 saturated carbocycles. The van der Waals surface area contributed by atoms with Gasteiger partial charge in [-0.1, -0.05) is 12.1 Å². The summed E-state index contributed by atoms with van der Waals surface area (Å²) in [5.74, 6) is 0.231. The number of halogens is 1. The van der Waals surface area contributed by atoms with Crippen molar-refractivity contribution in [2.24, 2.45) is 0 Å². The predicted octanol–water partition coefficient (Wildman–Crippen LogP) is 1.17. The van der Waals surface area contributed by atoms with Crippen LogP contribution < -0.4 is 11.0 Å².